The van der Waals surface area contributed by atoms with Gasteiger partial charge in [0, 0.05) is 18.1 Å². The van der Waals surface area contributed by atoms with Crippen molar-refractivity contribution in [2.24, 2.45) is 5.92 Å². The second-order valence-electron chi connectivity index (χ2n) is 7.94. The molecule has 1 N–H and O–H groups in total. The van der Waals surface area contributed by atoms with Crippen LogP contribution in [0.15, 0.2) is 24.3 Å². The monoisotopic (exact) mass is 440 g/mol. The third kappa shape index (κ3) is 7.18. The van der Waals surface area contributed by atoms with Crippen LogP contribution in [0.2, 0.25) is 5.02 Å². The standard InChI is InChI=1S/C21H29ClN2O6/c1-5-29-19(26)17(14-6-8-16(22)9-7-14)23-18(25)15-12-24(10-11-28-13-15)20(27)30-21(2,3)4/h6-9,15,17H,5,10-13H2,1-4H3,(H,23,25). The van der Waals surface area contributed by atoms with E-state index in [0.717, 1.165) is 0 Å². The van der Waals surface area contributed by atoms with E-state index in [1.54, 1.807) is 52.0 Å². The van der Waals surface area contributed by atoms with Gasteiger partial charge in [-0.15, -0.1) is 0 Å². The molecule has 1 aliphatic rings. The van der Waals surface area contributed by atoms with E-state index in [1.165, 1.54) is 4.90 Å². The highest BCUT2D eigenvalue weighted by molar-refractivity contribution is 6.30. The van der Waals surface area contributed by atoms with Gasteiger partial charge in [-0.2, -0.15) is 0 Å². The Labute approximate surface area is 181 Å². The van der Waals surface area contributed by atoms with E-state index in [-0.39, 0.29) is 19.8 Å². The van der Waals surface area contributed by atoms with Crippen LogP contribution in [0, 0.1) is 5.92 Å². The molecular formula is C21H29ClN2O6. The zero-order valence-corrected chi connectivity index (χ0v) is 18.5. The third-order valence-corrected chi connectivity index (χ3v) is 4.55. The number of halogens is 1. The minimum absolute atomic E-state index is 0.122. The molecule has 1 aromatic rings. The number of hydrogen-bond donors (Lipinski definition) is 1. The Hall–Kier alpha value is -2.32. The predicted molar refractivity (Wildman–Crippen MR) is 111 cm³/mol. The van der Waals surface area contributed by atoms with Crippen LogP contribution >= 0.6 is 11.6 Å². The smallest absolute Gasteiger partial charge is 0.410 e. The van der Waals surface area contributed by atoms with Crippen molar-refractivity contribution in [2.75, 3.05) is 32.9 Å². The highest BCUT2D eigenvalue weighted by Gasteiger charge is 2.33. The van der Waals surface area contributed by atoms with Crippen molar-refractivity contribution >= 4 is 29.6 Å². The Bertz CT molecular complexity index is 747. The highest BCUT2D eigenvalue weighted by atomic mass is 35.5. The van der Waals surface area contributed by atoms with E-state index < -0.39 is 35.5 Å². The molecule has 0 saturated carbocycles. The molecule has 0 spiro atoms. The van der Waals surface area contributed by atoms with Crippen molar-refractivity contribution in [2.45, 2.75) is 39.3 Å². The van der Waals surface area contributed by atoms with Crippen LogP contribution in [0.25, 0.3) is 0 Å². The third-order valence-electron chi connectivity index (χ3n) is 4.30. The van der Waals surface area contributed by atoms with E-state index in [9.17, 15) is 14.4 Å². The summed E-state index contributed by atoms with van der Waals surface area (Å²) < 4.78 is 16.0. The lowest BCUT2D eigenvalue weighted by molar-refractivity contribution is -0.148. The summed E-state index contributed by atoms with van der Waals surface area (Å²) in [6.45, 7) is 8.06. The number of nitrogens with zero attached hydrogens (tertiary/aromatic N) is 1. The van der Waals surface area contributed by atoms with Crippen molar-refractivity contribution in [1.82, 2.24) is 10.2 Å². The molecule has 0 aliphatic carbocycles. The molecule has 2 amide bonds. The summed E-state index contributed by atoms with van der Waals surface area (Å²) in [5.41, 5.74) is -0.101. The zero-order valence-electron chi connectivity index (χ0n) is 17.8. The largest absolute Gasteiger partial charge is 0.464 e. The Morgan fingerprint density at radius 3 is 2.53 bits per heavy atom. The summed E-state index contributed by atoms with van der Waals surface area (Å²) in [4.78, 5) is 39.3. The molecule has 2 unspecified atom stereocenters. The summed E-state index contributed by atoms with van der Waals surface area (Å²) in [7, 11) is 0. The maximum absolute atomic E-state index is 13.0. The molecule has 1 heterocycles. The first-order valence-corrected chi connectivity index (χ1v) is 10.3. The number of benzene rings is 1. The van der Waals surface area contributed by atoms with Gasteiger partial charge in [0.1, 0.15) is 5.60 Å². The molecule has 1 aliphatic heterocycles. The van der Waals surface area contributed by atoms with Gasteiger partial charge in [0.25, 0.3) is 0 Å². The van der Waals surface area contributed by atoms with Crippen LogP contribution in [0.4, 0.5) is 4.79 Å². The van der Waals surface area contributed by atoms with Gasteiger partial charge in [-0.05, 0) is 45.4 Å². The van der Waals surface area contributed by atoms with E-state index in [4.69, 9.17) is 25.8 Å². The lowest BCUT2D eigenvalue weighted by atomic mass is 10.0. The zero-order chi connectivity index (χ0) is 22.3. The van der Waals surface area contributed by atoms with Gasteiger partial charge < -0.3 is 24.4 Å². The van der Waals surface area contributed by atoms with E-state index in [1.807, 2.05) is 0 Å². The number of nitrogens with one attached hydrogen (secondary N) is 1. The molecule has 1 fully saturated rings. The molecule has 0 aromatic heterocycles. The molecule has 1 saturated heterocycles. The van der Waals surface area contributed by atoms with E-state index >= 15 is 0 Å². The van der Waals surface area contributed by atoms with Crippen LogP contribution < -0.4 is 5.32 Å². The van der Waals surface area contributed by atoms with Crippen LogP contribution in [-0.4, -0.2) is 61.4 Å². The molecule has 9 heteroatoms. The van der Waals surface area contributed by atoms with Crippen molar-refractivity contribution in [3.63, 3.8) is 0 Å². The minimum atomic E-state index is -0.993. The van der Waals surface area contributed by atoms with Crippen LogP contribution in [-0.2, 0) is 23.8 Å². The van der Waals surface area contributed by atoms with Gasteiger partial charge in [0.2, 0.25) is 5.91 Å². The van der Waals surface area contributed by atoms with Gasteiger partial charge in [-0.25, -0.2) is 9.59 Å². The number of hydrogen-bond acceptors (Lipinski definition) is 6. The predicted octanol–water partition coefficient (Wildman–Crippen LogP) is 2.94. The molecule has 0 radical (unpaired) electrons. The Balaban J connectivity index is 2.13. The molecular weight excluding hydrogens is 412 g/mol. The van der Waals surface area contributed by atoms with Gasteiger partial charge in [-0.3, -0.25) is 4.79 Å². The SMILES string of the molecule is CCOC(=O)C(NC(=O)C1COCCN(C(=O)OC(C)(C)C)C1)c1ccc(Cl)cc1. The van der Waals surface area contributed by atoms with Crippen molar-refractivity contribution in [3.8, 4) is 0 Å². The quantitative estimate of drug-likeness (QED) is 0.707. The lowest BCUT2D eigenvalue weighted by Gasteiger charge is -2.28. The highest BCUT2D eigenvalue weighted by Crippen LogP contribution is 2.20. The van der Waals surface area contributed by atoms with E-state index in [2.05, 4.69) is 5.32 Å². The van der Waals surface area contributed by atoms with Crippen LogP contribution in [0.3, 0.4) is 0 Å². The van der Waals surface area contributed by atoms with Crippen molar-refractivity contribution < 1.29 is 28.6 Å². The van der Waals surface area contributed by atoms with Gasteiger partial charge in [0.05, 0.1) is 25.7 Å². The molecule has 1 aromatic carbocycles. The lowest BCUT2D eigenvalue weighted by Crippen LogP contribution is -2.45. The van der Waals surface area contributed by atoms with Crippen molar-refractivity contribution in [3.05, 3.63) is 34.9 Å². The number of amides is 2. The average Bonchev–Trinajstić information content (AvgIpc) is 2.92. The number of carbonyl (C=O) groups is 3. The Kier molecular flexibility index (Phi) is 8.49. The number of carbonyl (C=O) groups excluding carboxylic acids is 3. The first kappa shape index (κ1) is 24.0. The topological polar surface area (TPSA) is 94.2 Å². The Morgan fingerprint density at radius 1 is 1.27 bits per heavy atom. The fourth-order valence-corrected chi connectivity index (χ4v) is 3.01. The van der Waals surface area contributed by atoms with Crippen LogP contribution in [0.5, 0.6) is 0 Å². The van der Waals surface area contributed by atoms with Crippen LogP contribution in [0.1, 0.15) is 39.3 Å². The first-order chi connectivity index (χ1) is 14.1. The molecule has 2 atom stereocenters. The fraction of sp³-hybridized carbons (Fsp3) is 0.571. The average molecular weight is 441 g/mol. The molecule has 8 nitrogen and oxygen atoms in total. The second kappa shape index (κ2) is 10.6. The molecule has 166 valence electrons. The maximum atomic E-state index is 13.0. The first-order valence-electron chi connectivity index (χ1n) is 9.89. The van der Waals surface area contributed by atoms with E-state index in [0.29, 0.717) is 23.7 Å². The maximum Gasteiger partial charge on any atom is 0.410 e. The normalized spacial score (nSPS) is 18.2. The minimum Gasteiger partial charge on any atom is -0.464 e. The second-order valence-corrected chi connectivity index (χ2v) is 8.38. The molecule has 30 heavy (non-hydrogen) atoms. The number of ether oxygens (including phenoxy) is 3. The van der Waals surface area contributed by atoms with Gasteiger partial charge >= 0.3 is 12.1 Å². The fourth-order valence-electron chi connectivity index (χ4n) is 2.88. The molecule has 0 bridgehead atoms. The number of rotatable bonds is 5. The number of esters is 1. The van der Waals surface area contributed by atoms with Gasteiger partial charge in [0.15, 0.2) is 6.04 Å². The summed E-state index contributed by atoms with van der Waals surface area (Å²) in [6, 6.07) is 5.58. The summed E-state index contributed by atoms with van der Waals surface area (Å²) in [5, 5.41) is 3.24. The molecule has 2 rings (SSSR count). The summed E-state index contributed by atoms with van der Waals surface area (Å²) in [5.74, 6) is -1.66. The Morgan fingerprint density at radius 2 is 1.93 bits per heavy atom. The summed E-state index contributed by atoms with van der Waals surface area (Å²) >= 11 is 5.92. The van der Waals surface area contributed by atoms with Crippen molar-refractivity contribution in [1.29, 1.82) is 0 Å². The van der Waals surface area contributed by atoms with Gasteiger partial charge in [-0.1, -0.05) is 23.7 Å². The summed E-state index contributed by atoms with van der Waals surface area (Å²) in [6.07, 6.45) is -0.509.